The third kappa shape index (κ3) is 4.87. The van der Waals surface area contributed by atoms with Crippen LogP contribution in [0, 0.1) is 0 Å². The second-order valence-electron chi connectivity index (χ2n) is 3.24. The quantitative estimate of drug-likeness (QED) is 0.579. The normalized spacial score (nSPS) is 9.76. The highest BCUT2D eigenvalue weighted by Gasteiger charge is 2.11. The first-order chi connectivity index (χ1) is 8.13. The van der Waals surface area contributed by atoms with Crippen molar-refractivity contribution in [2.75, 3.05) is 13.2 Å². The Labute approximate surface area is 104 Å². The highest BCUT2D eigenvalue weighted by molar-refractivity contribution is 6.32. The van der Waals surface area contributed by atoms with E-state index < -0.39 is 5.97 Å². The molecule has 4 nitrogen and oxygen atoms in total. The fraction of sp³-hybridized carbons (Fsp3) is 0.333. The van der Waals surface area contributed by atoms with Gasteiger partial charge < -0.3 is 9.47 Å². The number of ether oxygens (including phenoxy) is 2. The number of benzene rings is 1. The predicted octanol–water partition coefficient (Wildman–Crippen LogP) is 2.24. The van der Waals surface area contributed by atoms with Crippen LogP contribution in [0.2, 0.25) is 5.02 Å². The Morgan fingerprint density at radius 2 is 2.00 bits per heavy atom. The molecule has 0 aromatic heterocycles. The molecule has 0 unspecified atom stereocenters. The number of esters is 1. The maximum absolute atomic E-state index is 11.3. The van der Waals surface area contributed by atoms with Crippen molar-refractivity contribution in [1.82, 2.24) is 0 Å². The molecule has 0 radical (unpaired) electrons. The van der Waals surface area contributed by atoms with Crippen LogP contribution in [0.15, 0.2) is 24.3 Å². The van der Waals surface area contributed by atoms with Crippen LogP contribution < -0.4 is 4.74 Å². The lowest BCUT2D eigenvalue weighted by atomic mass is 10.3. The van der Waals surface area contributed by atoms with Gasteiger partial charge in [-0.25, -0.2) is 0 Å². The third-order valence-electron chi connectivity index (χ3n) is 1.87. The molecule has 1 rings (SSSR count). The molecule has 0 saturated carbocycles. The number of hydrogen-bond donors (Lipinski definition) is 0. The van der Waals surface area contributed by atoms with Crippen LogP contribution >= 0.6 is 11.6 Å². The average Bonchev–Trinajstić information content (AvgIpc) is 2.28. The van der Waals surface area contributed by atoms with E-state index in [1.165, 1.54) is 0 Å². The van der Waals surface area contributed by atoms with Gasteiger partial charge in [0.15, 0.2) is 5.78 Å². The maximum atomic E-state index is 11.3. The summed E-state index contributed by atoms with van der Waals surface area (Å²) in [6, 6.07) is 6.82. The van der Waals surface area contributed by atoms with Gasteiger partial charge in [-0.05, 0) is 19.1 Å². The summed E-state index contributed by atoms with van der Waals surface area (Å²) >= 11 is 5.84. The van der Waals surface area contributed by atoms with Crippen LogP contribution in [0.1, 0.15) is 13.3 Å². The standard InChI is InChI=1S/C12H13ClO4/c1-2-16-12(15)7-9(14)8-17-11-6-4-3-5-10(11)13/h3-6H,2,7-8H2,1H3. The minimum absolute atomic E-state index is 0.192. The molecule has 0 N–H and O–H groups in total. The van der Waals surface area contributed by atoms with Crippen LogP contribution in [-0.2, 0) is 14.3 Å². The smallest absolute Gasteiger partial charge is 0.313 e. The third-order valence-corrected chi connectivity index (χ3v) is 2.18. The molecule has 1 aromatic rings. The minimum atomic E-state index is -0.541. The maximum Gasteiger partial charge on any atom is 0.313 e. The Morgan fingerprint density at radius 3 is 2.65 bits per heavy atom. The van der Waals surface area contributed by atoms with Crippen LogP contribution in [0.3, 0.4) is 0 Å². The SMILES string of the molecule is CCOC(=O)CC(=O)COc1ccccc1Cl. The molecule has 0 aliphatic carbocycles. The van der Waals surface area contributed by atoms with Gasteiger partial charge in [0.25, 0.3) is 0 Å². The molecule has 0 saturated heterocycles. The summed E-state index contributed by atoms with van der Waals surface area (Å²) in [6.07, 6.45) is -0.279. The van der Waals surface area contributed by atoms with E-state index >= 15 is 0 Å². The Hall–Kier alpha value is -1.55. The van der Waals surface area contributed by atoms with Crippen molar-refractivity contribution in [1.29, 1.82) is 0 Å². The zero-order valence-electron chi connectivity index (χ0n) is 9.44. The molecule has 0 atom stereocenters. The van der Waals surface area contributed by atoms with Gasteiger partial charge in [0, 0.05) is 0 Å². The van der Waals surface area contributed by atoms with Crippen molar-refractivity contribution in [3.8, 4) is 5.75 Å². The van der Waals surface area contributed by atoms with E-state index in [0.717, 1.165) is 0 Å². The van der Waals surface area contributed by atoms with Gasteiger partial charge in [0.2, 0.25) is 0 Å². The molecular weight excluding hydrogens is 244 g/mol. The van der Waals surface area contributed by atoms with Gasteiger partial charge in [-0.2, -0.15) is 0 Å². The molecule has 0 aliphatic heterocycles. The van der Waals surface area contributed by atoms with Gasteiger partial charge in [0.05, 0.1) is 11.6 Å². The first-order valence-electron chi connectivity index (χ1n) is 5.18. The van der Waals surface area contributed by atoms with Gasteiger partial charge in [-0.1, -0.05) is 23.7 Å². The fourth-order valence-corrected chi connectivity index (χ4v) is 1.33. The van der Waals surface area contributed by atoms with Crippen molar-refractivity contribution in [3.05, 3.63) is 29.3 Å². The fourth-order valence-electron chi connectivity index (χ4n) is 1.14. The number of hydrogen-bond acceptors (Lipinski definition) is 4. The van der Waals surface area contributed by atoms with Crippen molar-refractivity contribution >= 4 is 23.4 Å². The second kappa shape index (κ2) is 6.91. The van der Waals surface area contributed by atoms with Gasteiger partial charge in [-0.3, -0.25) is 9.59 Å². The molecule has 5 heteroatoms. The molecule has 0 bridgehead atoms. The van der Waals surface area contributed by atoms with Crippen molar-refractivity contribution in [2.24, 2.45) is 0 Å². The zero-order chi connectivity index (χ0) is 12.7. The topological polar surface area (TPSA) is 52.6 Å². The van der Waals surface area contributed by atoms with Crippen molar-refractivity contribution in [3.63, 3.8) is 0 Å². The lowest BCUT2D eigenvalue weighted by molar-refractivity contribution is -0.145. The van der Waals surface area contributed by atoms with Crippen LogP contribution in [-0.4, -0.2) is 25.0 Å². The van der Waals surface area contributed by atoms with Gasteiger partial charge in [-0.15, -0.1) is 0 Å². The molecule has 17 heavy (non-hydrogen) atoms. The number of halogens is 1. The highest BCUT2D eigenvalue weighted by atomic mass is 35.5. The molecule has 0 amide bonds. The first-order valence-corrected chi connectivity index (χ1v) is 5.56. The summed E-state index contributed by atoms with van der Waals surface area (Å²) in [6.45, 7) is 1.75. The average molecular weight is 257 g/mol. The number of ketones is 1. The molecule has 0 fully saturated rings. The lowest BCUT2D eigenvalue weighted by Gasteiger charge is -2.06. The summed E-state index contributed by atoms with van der Waals surface area (Å²) in [5.41, 5.74) is 0. The Bertz CT molecular complexity index is 403. The van der Waals surface area contributed by atoms with Crippen molar-refractivity contribution < 1.29 is 19.1 Å². The van der Waals surface area contributed by atoms with Crippen LogP contribution in [0.4, 0.5) is 0 Å². The Kier molecular flexibility index (Phi) is 5.49. The number of carbonyl (C=O) groups excluding carboxylic acids is 2. The zero-order valence-corrected chi connectivity index (χ0v) is 10.2. The summed E-state index contributed by atoms with van der Waals surface area (Å²) in [4.78, 5) is 22.4. The van der Waals surface area contributed by atoms with E-state index in [9.17, 15) is 9.59 Å². The molecule has 92 valence electrons. The number of carbonyl (C=O) groups is 2. The molecule has 0 spiro atoms. The monoisotopic (exact) mass is 256 g/mol. The number of rotatable bonds is 6. The predicted molar refractivity (Wildman–Crippen MR) is 63.2 cm³/mol. The van der Waals surface area contributed by atoms with E-state index in [1.54, 1.807) is 31.2 Å². The molecular formula is C12H13ClO4. The number of para-hydroxylation sites is 1. The summed E-state index contributed by atoms with van der Waals surface area (Å²) in [5.74, 6) is -0.463. The summed E-state index contributed by atoms with van der Waals surface area (Å²) in [7, 11) is 0. The number of Topliss-reactive ketones (excluding diaryl/α,β-unsaturated/α-hetero) is 1. The van der Waals surface area contributed by atoms with Crippen molar-refractivity contribution in [2.45, 2.75) is 13.3 Å². The van der Waals surface area contributed by atoms with E-state index in [4.69, 9.17) is 16.3 Å². The minimum Gasteiger partial charge on any atom is -0.484 e. The molecule has 0 aliphatic rings. The Balaban J connectivity index is 2.38. The Morgan fingerprint density at radius 1 is 1.29 bits per heavy atom. The lowest BCUT2D eigenvalue weighted by Crippen LogP contribution is -2.17. The molecule has 0 heterocycles. The van der Waals surface area contributed by atoms with E-state index in [0.29, 0.717) is 10.8 Å². The van der Waals surface area contributed by atoms with E-state index in [-0.39, 0.29) is 25.4 Å². The van der Waals surface area contributed by atoms with Gasteiger partial charge >= 0.3 is 5.97 Å². The van der Waals surface area contributed by atoms with E-state index in [2.05, 4.69) is 4.74 Å². The van der Waals surface area contributed by atoms with Crippen LogP contribution in [0.25, 0.3) is 0 Å². The first kappa shape index (κ1) is 13.5. The largest absolute Gasteiger partial charge is 0.484 e. The highest BCUT2D eigenvalue weighted by Crippen LogP contribution is 2.22. The van der Waals surface area contributed by atoms with E-state index in [1.807, 2.05) is 0 Å². The second-order valence-corrected chi connectivity index (χ2v) is 3.65. The molecule has 1 aromatic carbocycles. The van der Waals surface area contributed by atoms with Gasteiger partial charge in [0.1, 0.15) is 18.8 Å². The summed E-state index contributed by atoms with van der Waals surface area (Å²) in [5, 5.41) is 0.427. The summed E-state index contributed by atoms with van der Waals surface area (Å²) < 4.78 is 9.84. The van der Waals surface area contributed by atoms with Crippen LogP contribution in [0.5, 0.6) is 5.75 Å².